The van der Waals surface area contributed by atoms with Crippen LogP contribution in [0.2, 0.25) is 0 Å². The molecule has 1 saturated carbocycles. The number of rotatable bonds is 8. The van der Waals surface area contributed by atoms with Crippen molar-refractivity contribution in [2.24, 2.45) is 11.8 Å². The predicted octanol–water partition coefficient (Wildman–Crippen LogP) is 2.93. The van der Waals surface area contributed by atoms with Crippen molar-refractivity contribution in [3.05, 3.63) is 104 Å². The molecule has 6 atom stereocenters. The lowest BCUT2D eigenvalue weighted by Crippen LogP contribution is -2.61. The standard InChI is InChI=1S/C28H32N2O6/c1-18-14-30(26(32)29-24(18)31)25-22-19(2)27(3,33)28(36-25,17-34-15-20-10-6-4-7-11-20)23(22)35-16-21-12-8-5-9-13-21/h4-14,19,22-23,25,33H,15-17H2,1-3H3,(H,29,31,32)/t19-,22?,23-,25+,27-,28+/m0/s1. The summed E-state index contributed by atoms with van der Waals surface area (Å²) in [6, 6.07) is 19.6. The molecule has 1 aliphatic carbocycles. The highest BCUT2D eigenvalue weighted by Crippen LogP contribution is 2.61. The highest BCUT2D eigenvalue weighted by atomic mass is 16.6. The van der Waals surface area contributed by atoms with Crippen molar-refractivity contribution in [2.75, 3.05) is 6.61 Å². The lowest BCUT2D eigenvalue weighted by molar-refractivity contribution is -0.257. The summed E-state index contributed by atoms with van der Waals surface area (Å²) in [5, 5.41) is 11.8. The van der Waals surface area contributed by atoms with Gasteiger partial charge < -0.3 is 19.3 Å². The van der Waals surface area contributed by atoms with Crippen LogP contribution in [0.1, 0.15) is 36.8 Å². The number of hydrogen-bond acceptors (Lipinski definition) is 6. The zero-order valence-electron chi connectivity index (χ0n) is 20.7. The molecule has 36 heavy (non-hydrogen) atoms. The van der Waals surface area contributed by atoms with Gasteiger partial charge in [-0.05, 0) is 30.9 Å². The van der Waals surface area contributed by atoms with E-state index in [4.69, 9.17) is 14.2 Å². The van der Waals surface area contributed by atoms with E-state index in [1.54, 1.807) is 13.8 Å². The zero-order valence-corrected chi connectivity index (χ0v) is 20.7. The van der Waals surface area contributed by atoms with Crippen LogP contribution in [0.3, 0.4) is 0 Å². The van der Waals surface area contributed by atoms with Crippen LogP contribution >= 0.6 is 0 Å². The summed E-state index contributed by atoms with van der Waals surface area (Å²) >= 11 is 0. The lowest BCUT2D eigenvalue weighted by atomic mass is 9.80. The number of nitrogens with zero attached hydrogens (tertiary/aromatic N) is 1. The maximum atomic E-state index is 12.8. The van der Waals surface area contributed by atoms with E-state index < -0.39 is 34.8 Å². The molecule has 8 nitrogen and oxygen atoms in total. The van der Waals surface area contributed by atoms with Crippen LogP contribution in [-0.2, 0) is 27.4 Å². The first-order valence-electron chi connectivity index (χ1n) is 12.2. The van der Waals surface area contributed by atoms with Crippen LogP contribution < -0.4 is 11.2 Å². The number of aromatic amines is 1. The number of aryl methyl sites for hydroxylation is 1. The molecule has 2 aromatic carbocycles. The van der Waals surface area contributed by atoms with Gasteiger partial charge in [-0.3, -0.25) is 14.3 Å². The largest absolute Gasteiger partial charge is 0.387 e. The summed E-state index contributed by atoms with van der Waals surface area (Å²) in [5.41, 5.74) is -1.11. The smallest absolute Gasteiger partial charge is 0.330 e. The summed E-state index contributed by atoms with van der Waals surface area (Å²) in [5.74, 6) is -0.636. The Hall–Kier alpha value is -3.04. The fourth-order valence-electron chi connectivity index (χ4n) is 5.68. The SMILES string of the molecule is Cc1cn([C@@H]2O[C@]3(COCc4ccccc4)[C@@H](OCc4ccccc4)C2[C@H](C)[C@]3(C)O)c(=O)[nH]c1=O. The first-order valence-corrected chi connectivity index (χ1v) is 12.2. The average Bonchev–Trinajstić information content (AvgIpc) is 3.27. The number of hydrogen-bond donors (Lipinski definition) is 2. The quantitative estimate of drug-likeness (QED) is 0.501. The Labute approximate surface area is 209 Å². The van der Waals surface area contributed by atoms with E-state index in [1.807, 2.05) is 67.6 Å². The van der Waals surface area contributed by atoms with E-state index in [-0.39, 0.29) is 18.4 Å². The Kier molecular flexibility index (Phi) is 6.46. The molecule has 2 heterocycles. The predicted molar refractivity (Wildman–Crippen MR) is 133 cm³/mol. The fourth-order valence-corrected chi connectivity index (χ4v) is 5.68. The molecule has 3 aromatic rings. The number of aromatic nitrogens is 2. The maximum absolute atomic E-state index is 12.8. The van der Waals surface area contributed by atoms with Gasteiger partial charge in [0, 0.05) is 17.7 Å². The van der Waals surface area contributed by atoms with Gasteiger partial charge in [-0.1, -0.05) is 67.6 Å². The number of H-pyrrole nitrogens is 1. The molecular formula is C28H32N2O6. The summed E-state index contributed by atoms with van der Waals surface area (Å²) < 4.78 is 20.6. The average molecular weight is 493 g/mol. The summed E-state index contributed by atoms with van der Waals surface area (Å²) in [7, 11) is 0. The van der Waals surface area contributed by atoms with E-state index in [1.165, 1.54) is 10.8 Å². The van der Waals surface area contributed by atoms with Crippen molar-refractivity contribution in [3.8, 4) is 0 Å². The minimum Gasteiger partial charge on any atom is -0.387 e. The second kappa shape index (κ2) is 9.44. The van der Waals surface area contributed by atoms with E-state index in [0.29, 0.717) is 18.8 Å². The third kappa shape index (κ3) is 4.04. The molecule has 2 bridgehead atoms. The monoisotopic (exact) mass is 492 g/mol. The molecule has 1 aliphatic heterocycles. The molecule has 1 saturated heterocycles. The summed E-state index contributed by atoms with van der Waals surface area (Å²) in [4.78, 5) is 27.2. The molecule has 5 rings (SSSR count). The van der Waals surface area contributed by atoms with Crippen LogP contribution in [0, 0.1) is 18.8 Å². The van der Waals surface area contributed by atoms with Crippen LogP contribution in [0.15, 0.2) is 76.4 Å². The normalized spacial score (nSPS) is 31.1. The maximum Gasteiger partial charge on any atom is 0.330 e. The van der Waals surface area contributed by atoms with E-state index in [9.17, 15) is 14.7 Å². The van der Waals surface area contributed by atoms with E-state index in [2.05, 4.69) is 4.98 Å². The Bertz CT molecular complexity index is 1320. The molecule has 0 amide bonds. The van der Waals surface area contributed by atoms with Gasteiger partial charge in [0.1, 0.15) is 11.8 Å². The minimum atomic E-state index is -1.28. The minimum absolute atomic E-state index is 0.0722. The molecule has 2 fully saturated rings. The van der Waals surface area contributed by atoms with Gasteiger partial charge in [0.25, 0.3) is 5.56 Å². The van der Waals surface area contributed by atoms with Gasteiger partial charge in [0.2, 0.25) is 0 Å². The summed E-state index contributed by atoms with van der Waals surface area (Å²) in [6.45, 7) is 6.07. The van der Waals surface area contributed by atoms with Crippen LogP contribution in [-0.4, -0.2) is 38.6 Å². The Morgan fingerprint density at radius 2 is 1.64 bits per heavy atom. The van der Waals surface area contributed by atoms with Crippen LogP contribution in [0.25, 0.3) is 0 Å². The van der Waals surface area contributed by atoms with Gasteiger partial charge in [0.05, 0.1) is 31.5 Å². The highest BCUT2D eigenvalue weighted by Gasteiger charge is 2.75. The lowest BCUT2D eigenvalue weighted by Gasteiger charge is -2.45. The number of fused-ring (bicyclic) bond motifs is 2. The molecule has 1 unspecified atom stereocenters. The second-order valence-corrected chi connectivity index (χ2v) is 10.1. The van der Waals surface area contributed by atoms with Crippen LogP contribution in [0.4, 0.5) is 0 Å². The van der Waals surface area contributed by atoms with Gasteiger partial charge in [-0.25, -0.2) is 4.79 Å². The molecule has 190 valence electrons. The fraction of sp³-hybridized carbons (Fsp3) is 0.429. The molecule has 8 heteroatoms. The molecule has 2 N–H and O–H groups in total. The zero-order chi connectivity index (χ0) is 25.5. The Balaban J connectivity index is 1.51. The van der Waals surface area contributed by atoms with Crippen molar-refractivity contribution in [2.45, 2.75) is 57.5 Å². The van der Waals surface area contributed by atoms with Crippen LogP contribution in [0.5, 0.6) is 0 Å². The third-order valence-corrected chi connectivity index (χ3v) is 7.91. The number of nitrogens with one attached hydrogen (secondary N) is 1. The van der Waals surface area contributed by atoms with Gasteiger partial charge >= 0.3 is 5.69 Å². The Morgan fingerprint density at radius 1 is 1.03 bits per heavy atom. The summed E-state index contributed by atoms with van der Waals surface area (Å²) in [6.07, 6.45) is 0.229. The first kappa shape index (κ1) is 24.6. The van der Waals surface area contributed by atoms with Gasteiger partial charge in [0.15, 0.2) is 0 Å². The highest BCUT2D eigenvalue weighted by molar-refractivity contribution is 5.23. The number of benzene rings is 2. The van der Waals surface area contributed by atoms with Gasteiger partial charge in [-0.15, -0.1) is 0 Å². The van der Waals surface area contributed by atoms with E-state index in [0.717, 1.165) is 11.1 Å². The molecule has 0 radical (unpaired) electrons. The Morgan fingerprint density at radius 3 is 2.28 bits per heavy atom. The number of ether oxygens (including phenoxy) is 3. The van der Waals surface area contributed by atoms with E-state index >= 15 is 0 Å². The molecular weight excluding hydrogens is 460 g/mol. The first-order chi connectivity index (χ1) is 17.2. The third-order valence-electron chi connectivity index (χ3n) is 7.91. The van der Waals surface area contributed by atoms with Crippen molar-refractivity contribution in [3.63, 3.8) is 0 Å². The van der Waals surface area contributed by atoms with Gasteiger partial charge in [-0.2, -0.15) is 0 Å². The van der Waals surface area contributed by atoms with Crippen molar-refractivity contribution in [1.29, 1.82) is 0 Å². The van der Waals surface area contributed by atoms with Crippen molar-refractivity contribution < 1.29 is 19.3 Å². The molecule has 0 spiro atoms. The number of aliphatic hydroxyl groups is 1. The molecule has 2 aliphatic rings. The van der Waals surface area contributed by atoms with Crippen molar-refractivity contribution in [1.82, 2.24) is 9.55 Å². The topological polar surface area (TPSA) is 103 Å². The second-order valence-electron chi connectivity index (χ2n) is 10.1. The molecule has 1 aromatic heterocycles. The van der Waals surface area contributed by atoms with Crippen molar-refractivity contribution >= 4 is 0 Å².